The summed E-state index contributed by atoms with van der Waals surface area (Å²) in [7, 11) is 0. The lowest BCUT2D eigenvalue weighted by Gasteiger charge is -2.35. The van der Waals surface area contributed by atoms with Crippen LogP contribution in [0.15, 0.2) is 24.3 Å². The maximum absolute atomic E-state index is 12.6. The Hall–Kier alpha value is -2.41. The van der Waals surface area contributed by atoms with Gasteiger partial charge < -0.3 is 15.1 Å². The van der Waals surface area contributed by atoms with Crippen LogP contribution in [0.25, 0.3) is 0 Å². The number of para-hydroxylation sites is 1. The van der Waals surface area contributed by atoms with Crippen molar-refractivity contribution in [1.29, 1.82) is 0 Å². The number of carbonyl (C=O) groups excluding carboxylic acids is 3. The Morgan fingerprint density at radius 2 is 1.72 bits per heavy atom. The highest BCUT2D eigenvalue weighted by Gasteiger charge is 2.26. The SMILES string of the molecule is CCc1ccccc1NC(=O)CN1CCN(C(=O)CN2CCCCCC2=O)CC1. The molecule has 2 aliphatic rings. The van der Waals surface area contributed by atoms with Crippen molar-refractivity contribution in [1.82, 2.24) is 14.7 Å². The zero-order valence-electron chi connectivity index (χ0n) is 17.4. The van der Waals surface area contributed by atoms with Gasteiger partial charge in [-0.3, -0.25) is 19.3 Å². The molecule has 0 radical (unpaired) electrons. The third-order valence-corrected chi connectivity index (χ3v) is 5.76. The predicted octanol–water partition coefficient (Wildman–Crippen LogP) is 1.73. The zero-order valence-corrected chi connectivity index (χ0v) is 17.4. The average molecular weight is 401 g/mol. The van der Waals surface area contributed by atoms with E-state index in [4.69, 9.17) is 0 Å². The van der Waals surface area contributed by atoms with Crippen LogP contribution in [-0.2, 0) is 20.8 Å². The third-order valence-electron chi connectivity index (χ3n) is 5.76. The summed E-state index contributed by atoms with van der Waals surface area (Å²) in [4.78, 5) is 42.7. The molecule has 0 unspecified atom stereocenters. The van der Waals surface area contributed by atoms with E-state index >= 15 is 0 Å². The highest BCUT2D eigenvalue weighted by atomic mass is 16.2. The third kappa shape index (κ3) is 6.03. The van der Waals surface area contributed by atoms with E-state index in [0.29, 0.717) is 45.7 Å². The quantitative estimate of drug-likeness (QED) is 0.789. The van der Waals surface area contributed by atoms with Crippen molar-refractivity contribution >= 4 is 23.4 Å². The van der Waals surface area contributed by atoms with Crippen LogP contribution in [0, 0.1) is 0 Å². The molecule has 0 aromatic heterocycles. The Bertz CT molecular complexity index is 729. The fourth-order valence-corrected chi connectivity index (χ4v) is 3.97. The summed E-state index contributed by atoms with van der Waals surface area (Å²) in [6, 6.07) is 7.85. The minimum Gasteiger partial charge on any atom is -0.339 e. The molecule has 1 aromatic carbocycles. The molecule has 3 rings (SSSR count). The molecule has 2 heterocycles. The predicted molar refractivity (Wildman–Crippen MR) is 113 cm³/mol. The van der Waals surface area contributed by atoms with Crippen molar-refractivity contribution in [3.8, 4) is 0 Å². The van der Waals surface area contributed by atoms with Gasteiger partial charge >= 0.3 is 0 Å². The van der Waals surface area contributed by atoms with Crippen LogP contribution in [0.3, 0.4) is 0 Å². The largest absolute Gasteiger partial charge is 0.339 e. The van der Waals surface area contributed by atoms with Gasteiger partial charge in [0, 0.05) is 44.8 Å². The summed E-state index contributed by atoms with van der Waals surface area (Å²) in [6.45, 7) is 5.80. The first-order valence-electron chi connectivity index (χ1n) is 10.7. The van der Waals surface area contributed by atoms with Gasteiger partial charge in [0.15, 0.2) is 0 Å². The first-order valence-corrected chi connectivity index (χ1v) is 10.7. The van der Waals surface area contributed by atoms with Crippen molar-refractivity contribution in [3.63, 3.8) is 0 Å². The number of piperazine rings is 1. The van der Waals surface area contributed by atoms with E-state index in [1.54, 1.807) is 4.90 Å². The molecule has 0 aliphatic carbocycles. The van der Waals surface area contributed by atoms with Crippen LogP contribution in [0.5, 0.6) is 0 Å². The van der Waals surface area contributed by atoms with Crippen molar-refractivity contribution < 1.29 is 14.4 Å². The second kappa shape index (κ2) is 10.4. The molecule has 7 nitrogen and oxygen atoms in total. The summed E-state index contributed by atoms with van der Waals surface area (Å²) < 4.78 is 0. The molecule has 0 atom stereocenters. The van der Waals surface area contributed by atoms with Crippen molar-refractivity contribution in [2.45, 2.75) is 39.0 Å². The Kier molecular flexibility index (Phi) is 7.63. The molecule has 2 aliphatic heterocycles. The number of likely N-dealkylation sites (tertiary alicyclic amines) is 1. The molecule has 0 spiro atoms. The fraction of sp³-hybridized carbons (Fsp3) is 0.591. The van der Waals surface area contributed by atoms with Crippen LogP contribution < -0.4 is 5.32 Å². The molecule has 1 aromatic rings. The fourth-order valence-electron chi connectivity index (χ4n) is 3.97. The van der Waals surface area contributed by atoms with Crippen LogP contribution in [0.2, 0.25) is 0 Å². The number of anilines is 1. The Balaban J connectivity index is 1.43. The first kappa shape index (κ1) is 21.3. The summed E-state index contributed by atoms with van der Waals surface area (Å²) in [5.41, 5.74) is 2.00. The smallest absolute Gasteiger partial charge is 0.242 e. The number of rotatable bonds is 6. The van der Waals surface area contributed by atoms with Crippen LogP contribution >= 0.6 is 0 Å². The number of hydrogen-bond acceptors (Lipinski definition) is 4. The van der Waals surface area contributed by atoms with Crippen molar-refractivity contribution in [3.05, 3.63) is 29.8 Å². The van der Waals surface area contributed by atoms with Gasteiger partial charge in [0.25, 0.3) is 0 Å². The van der Waals surface area contributed by atoms with E-state index < -0.39 is 0 Å². The number of hydrogen-bond donors (Lipinski definition) is 1. The van der Waals surface area contributed by atoms with Gasteiger partial charge in [-0.25, -0.2) is 0 Å². The monoisotopic (exact) mass is 400 g/mol. The van der Waals surface area contributed by atoms with Crippen LogP contribution in [0.1, 0.15) is 38.2 Å². The minimum absolute atomic E-state index is 0.0150. The lowest BCUT2D eigenvalue weighted by atomic mass is 10.1. The Labute approximate surface area is 173 Å². The van der Waals surface area contributed by atoms with Gasteiger partial charge in [0.05, 0.1) is 13.1 Å². The highest BCUT2D eigenvalue weighted by molar-refractivity contribution is 5.93. The lowest BCUT2D eigenvalue weighted by molar-refractivity contribution is -0.141. The van der Waals surface area contributed by atoms with Gasteiger partial charge in [-0.1, -0.05) is 31.5 Å². The number of amides is 3. The summed E-state index contributed by atoms with van der Waals surface area (Å²) in [5.74, 6) is 0.0839. The average Bonchev–Trinajstić information content (AvgIpc) is 2.93. The van der Waals surface area contributed by atoms with Gasteiger partial charge in [-0.05, 0) is 30.9 Å². The van der Waals surface area contributed by atoms with Crippen molar-refractivity contribution in [2.75, 3.05) is 51.1 Å². The van der Waals surface area contributed by atoms with Gasteiger partial charge in [-0.15, -0.1) is 0 Å². The molecule has 7 heteroatoms. The highest BCUT2D eigenvalue weighted by Crippen LogP contribution is 2.16. The van der Waals surface area contributed by atoms with Crippen LogP contribution in [0.4, 0.5) is 5.69 Å². The maximum Gasteiger partial charge on any atom is 0.242 e. The molecule has 1 N–H and O–H groups in total. The lowest BCUT2D eigenvalue weighted by Crippen LogP contribution is -2.53. The van der Waals surface area contributed by atoms with E-state index in [9.17, 15) is 14.4 Å². The first-order chi connectivity index (χ1) is 14.1. The molecule has 2 fully saturated rings. The molecular formula is C22H32N4O3. The van der Waals surface area contributed by atoms with Gasteiger partial charge in [-0.2, -0.15) is 0 Å². The number of carbonyl (C=O) groups is 3. The van der Waals surface area contributed by atoms with Gasteiger partial charge in [0.2, 0.25) is 17.7 Å². The molecule has 2 saturated heterocycles. The molecule has 0 saturated carbocycles. The second-order valence-electron chi connectivity index (χ2n) is 7.84. The topological polar surface area (TPSA) is 73.0 Å². The maximum atomic E-state index is 12.6. The summed E-state index contributed by atoms with van der Waals surface area (Å²) in [5, 5.41) is 3.00. The number of aryl methyl sites for hydroxylation is 1. The molecule has 3 amide bonds. The minimum atomic E-state index is -0.0270. The van der Waals surface area contributed by atoms with E-state index in [1.807, 2.05) is 29.2 Å². The van der Waals surface area contributed by atoms with Crippen molar-refractivity contribution in [2.24, 2.45) is 0 Å². The molecule has 0 bridgehead atoms. The Morgan fingerprint density at radius 1 is 0.966 bits per heavy atom. The van der Waals surface area contributed by atoms with E-state index in [0.717, 1.165) is 36.9 Å². The summed E-state index contributed by atoms with van der Waals surface area (Å²) in [6.07, 6.45) is 4.38. The molecule has 158 valence electrons. The molecular weight excluding hydrogens is 368 g/mol. The number of nitrogens with one attached hydrogen (secondary N) is 1. The van der Waals surface area contributed by atoms with E-state index in [2.05, 4.69) is 17.1 Å². The van der Waals surface area contributed by atoms with E-state index in [1.165, 1.54) is 0 Å². The zero-order chi connectivity index (χ0) is 20.6. The molecule has 29 heavy (non-hydrogen) atoms. The summed E-state index contributed by atoms with van der Waals surface area (Å²) >= 11 is 0. The normalized spacial score (nSPS) is 18.4. The number of benzene rings is 1. The van der Waals surface area contributed by atoms with Gasteiger partial charge in [0.1, 0.15) is 0 Å². The Morgan fingerprint density at radius 3 is 2.48 bits per heavy atom. The number of nitrogens with zero attached hydrogens (tertiary/aromatic N) is 3. The van der Waals surface area contributed by atoms with Crippen LogP contribution in [-0.4, -0.2) is 78.2 Å². The second-order valence-corrected chi connectivity index (χ2v) is 7.84. The standard InChI is InChI=1S/C22H32N4O3/c1-2-18-8-5-6-9-19(18)23-20(27)16-24-12-14-25(15-13-24)22(29)17-26-11-7-3-4-10-21(26)28/h5-6,8-9H,2-4,7,10-17H2,1H3,(H,23,27). The van der Waals surface area contributed by atoms with E-state index in [-0.39, 0.29) is 24.3 Å².